The first kappa shape index (κ1) is 14.5. The summed E-state index contributed by atoms with van der Waals surface area (Å²) in [4.78, 5) is 14.1. The van der Waals surface area contributed by atoms with Crippen molar-refractivity contribution in [1.82, 2.24) is 10.2 Å². The van der Waals surface area contributed by atoms with Gasteiger partial charge in [0.25, 0.3) is 0 Å². The molecule has 1 unspecified atom stereocenters. The molecule has 4 nitrogen and oxygen atoms in total. The summed E-state index contributed by atoms with van der Waals surface area (Å²) in [6, 6.07) is 0.390. The van der Waals surface area contributed by atoms with Gasteiger partial charge in [0, 0.05) is 31.2 Å². The maximum absolute atomic E-state index is 12.2. The Hall–Kier alpha value is -0.610. The first-order valence-corrected chi connectivity index (χ1v) is 6.59. The van der Waals surface area contributed by atoms with E-state index in [0.29, 0.717) is 6.04 Å². The molecule has 2 N–H and O–H groups in total. The van der Waals surface area contributed by atoms with Crippen molar-refractivity contribution >= 4 is 5.91 Å². The van der Waals surface area contributed by atoms with Crippen molar-refractivity contribution in [2.75, 3.05) is 26.2 Å². The number of nitrogens with zero attached hydrogens (tertiary/aromatic N) is 1. The zero-order valence-corrected chi connectivity index (χ0v) is 11.3. The molecule has 0 aromatic rings. The summed E-state index contributed by atoms with van der Waals surface area (Å²) in [5, 5.41) is 12.1. The molecule has 0 aromatic carbocycles. The van der Waals surface area contributed by atoms with Crippen molar-refractivity contribution in [3.05, 3.63) is 0 Å². The molecule has 1 heterocycles. The molecule has 100 valence electrons. The van der Waals surface area contributed by atoms with E-state index in [2.05, 4.69) is 5.32 Å². The summed E-state index contributed by atoms with van der Waals surface area (Å²) in [5.74, 6) is 0.242. The van der Waals surface area contributed by atoms with Gasteiger partial charge in [-0.3, -0.25) is 4.79 Å². The van der Waals surface area contributed by atoms with Crippen molar-refractivity contribution in [2.24, 2.45) is 5.41 Å². The van der Waals surface area contributed by atoms with Gasteiger partial charge in [0.05, 0.1) is 0 Å². The van der Waals surface area contributed by atoms with Gasteiger partial charge in [0.1, 0.15) is 0 Å². The lowest BCUT2D eigenvalue weighted by Gasteiger charge is -2.36. The molecule has 0 bridgehead atoms. The van der Waals surface area contributed by atoms with E-state index in [-0.39, 0.29) is 17.9 Å². The molecule has 0 spiro atoms. The van der Waals surface area contributed by atoms with Gasteiger partial charge in [-0.1, -0.05) is 20.8 Å². The van der Waals surface area contributed by atoms with E-state index in [1.807, 2.05) is 25.7 Å². The first-order valence-electron chi connectivity index (χ1n) is 6.59. The number of carbonyl (C=O) groups excluding carboxylic acids is 1. The monoisotopic (exact) mass is 242 g/mol. The Morgan fingerprint density at radius 3 is 2.76 bits per heavy atom. The maximum Gasteiger partial charge on any atom is 0.227 e. The third kappa shape index (κ3) is 4.64. The average Bonchev–Trinajstić information content (AvgIpc) is 2.28. The quantitative estimate of drug-likeness (QED) is 0.723. The molecule has 1 aliphatic rings. The number of aliphatic hydroxyl groups is 1. The highest BCUT2D eigenvalue weighted by atomic mass is 16.3. The fraction of sp³-hybridized carbons (Fsp3) is 0.923. The first-order chi connectivity index (χ1) is 7.95. The molecule has 4 heteroatoms. The van der Waals surface area contributed by atoms with Gasteiger partial charge in [0.2, 0.25) is 5.91 Å². The molecular formula is C13H26N2O2. The van der Waals surface area contributed by atoms with Crippen LogP contribution in [0.4, 0.5) is 0 Å². The molecule has 1 atom stereocenters. The van der Waals surface area contributed by atoms with Crippen molar-refractivity contribution < 1.29 is 9.90 Å². The SMILES string of the molecule is CC(C)(C)C(=O)N1CCCC(NCCCO)C1. The summed E-state index contributed by atoms with van der Waals surface area (Å²) in [5.41, 5.74) is -0.285. The van der Waals surface area contributed by atoms with Crippen LogP contribution in [0.25, 0.3) is 0 Å². The second-order valence-electron chi connectivity index (χ2n) is 5.87. The van der Waals surface area contributed by atoms with Crippen LogP contribution in [0.1, 0.15) is 40.0 Å². The van der Waals surface area contributed by atoms with Gasteiger partial charge < -0.3 is 15.3 Å². The zero-order valence-electron chi connectivity index (χ0n) is 11.3. The van der Waals surface area contributed by atoms with Gasteiger partial charge in [-0.15, -0.1) is 0 Å². The fourth-order valence-corrected chi connectivity index (χ4v) is 2.19. The van der Waals surface area contributed by atoms with E-state index in [0.717, 1.165) is 38.9 Å². The molecule has 17 heavy (non-hydrogen) atoms. The maximum atomic E-state index is 12.2. The lowest BCUT2D eigenvalue weighted by molar-refractivity contribution is -0.140. The van der Waals surface area contributed by atoms with Gasteiger partial charge in [0.15, 0.2) is 0 Å². The van der Waals surface area contributed by atoms with Crippen LogP contribution in [-0.4, -0.2) is 48.2 Å². The number of piperidine rings is 1. The molecule has 0 radical (unpaired) electrons. The Balaban J connectivity index is 2.41. The predicted molar refractivity (Wildman–Crippen MR) is 68.8 cm³/mol. The largest absolute Gasteiger partial charge is 0.396 e. The van der Waals surface area contributed by atoms with E-state index in [4.69, 9.17) is 5.11 Å². The summed E-state index contributed by atoms with van der Waals surface area (Å²) < 4.78 is 0. The van der Waals surface area contributed by atoms with Crippen LogP contribution in [-0.2, 0) is 4.79 Å². The molecule has 1 aliphatic heterocycles. The minimum absolute atomic E-state index is 0.227. The second kappa shape index (κ2) is 6.36. The van der Waals surface area contributed by atoms with Crippen LogP contribution in [0.15, 0.2) is 0 Å². The molecule has 1 fully saturated rings. The number of aliphatic hydroxyl groups excluding tert-OH is 1. The van der Waals surface area contributed by atoms with E-state index in [1.165, 1.54) is 0 Å². The summed E-state index contributed by atoms with van der Waals surface area (Å²) in [6.45, 7) is 8.66. The Morgan fingerprint density at radius 2 is 2.18 bits per heavy atom. The molecule has 1 amide bonds. The number of hydrogen-bond donors (Lipinski definition) is 2. The zero-order chi connectivity index (χ0) is 12.9. The lowest BCUT2D eigenvalue weighted by Crippen LogP contribution is -2.51. The van der Waals surface area contributed by atoms with Crippen molar-refractivity contribution in [1.29, 1.82) is 0 Å². The highest BCUT2D eigenvalue weighted by molar-refractivity contribution is 5.81. The van der Waals surface area contributed by atoms with Crippen LogP contribution in [0, 0.1) is 5.41 Å². The third-order valence-corrected chi connectivity index (χ3v) is 3.12. The lowest BCUT2D eigenvalue weighted by atomic mass is 9.93. The van der Waals surface area contributed by atoms with E-state index >= 15 is 0 Å². The normalized spacial score (nSPS) is 21.6. The standard InChI is InChI=1S/C13H26N2O2/c1-13(2,3)12(17)15-8-4-6-11(10-15)14-7-5-9-16/h11,14,16H,4-10H2,1-3H3. The topological polar surface area (TPSA) is 52.6 Å². The smallest absolute Gasteiger partial charge is 0.227 e. The molecule has 0 saturated carbocycles. The highest BCUT2D eigenvalue weighted by Gasteiger charge is 2.30. The Labute approximate surface area is 104 Å². The molecule has 1 rings (SSSR count). The highest BCUT2D eigenvalue weighted by Crippen LogP contribution is 2.20. The number of hydrogen-bond acceptors (Lipinski definition) is 3. The number of amides is 1. The van der Waals surface area contributed by atoms with Gasteiger partial charge in [-0.25, -0.2) is 0 Å². The minimum atomic E-state index is -0.285. The molecular weight excluding hydrogens is 216 g/mol. The summed E-state index contributed by atoms with van der Waals surface area (Å²) in [7, 11) is 0. The number of carbonyl (C=O) groups is 1. The second-order valence-corrected chi connectivity index (χ2v) is 5.87. The Morgan fingerprint density at radius 1 is 1.47 bits per heavy atom. The molecule has 0 aliphatic carbocycles. The van der Waals surface area contributed by atoms with Crippen LogP contribution >= 0.6 is 0 Å². The number of likely N-dealkylation sites (tertiary alicyclic amines) is 1. The average molecular weight is 242 g/mol. The fourth-order valence-electron chi connectivity index (χ4n) is 2.19. The van der Waals surface area contributed by atoms with Crippen molar-refractivity contribution in [3.63, 3.8) is 0 Å². The van der Waals surface area contributed by atoms with Crippen molar-refractivity contribution in [2.45, 2.75) is 46.1 Å². The van der Waals surface area contributed by atoms with Gasteiger partial charge >= 0.3 is 0 Å². The molecule has 0 aromatic heterocycles. The van der Waals surface area contributed by atoms with Crippen LogP contribution in [0.2, 0.25) is 0 Å². The third-order valence-electron chi connectivity index (χ3n) is 3.12. The summed E-state index contributed by atoms with van der Waals surface area (Å²) in [6.07, 6.45) is 2.97. The Kier molecular flexibility index (Phi) is 5.40. The van der Waals surface area contributed by atoms with Crippen molar-refractivity contribution in [3.8, 4) is 0 Å². The van der Waals surface area contributed by atoms with Crippen LogP contribution < -0.4 is 5.32 Å². The molecule has 1 saturated heterocycles. The Bertz CT molecular complexity index is 248. The van der Waals surface area contributed by atoms with Crippen LogP contribution in [0.5, 0.6) is 0 Å². The van der Waals surface area contributed by atoms with E-state index < -0.39 is 0 Å². The van der Waals surface area contributed by atoms with E-state index in [9.17, 15) is 4.79 Å². The number of rotatable bonds is 4. The minimum Gasteiger partial charge on any atom is -0.396 e. The summed E-state index contributed by atoms with van der Waals surface area (Å²) >= 11 is 0. The van der Waals surface area contributed by atoms with Gasteiger partial charge in [-0.05, 0) is 25.8 Å². The predicted octanol–water partition coefficient (Wildman–Crippen LogP) is 0.995. The number of nitrogens with one attached hydrogen (secondary N) is 1. The van der Waals surface area contributed by atoms with Gasteiger partial charge in [-0.2, -0.15) is 0 Å². The van der Waals surface area contributed by atoms with Crippen LogP contribution in [0.3, 0.4) is 0 Å². The van der Waals surface area contributed by atoms with E-state index in [1.54, 1.807) is 0 Å².